The van der Waals surface area contributed by atoms with E-state index in [1.54, 1.807) is 6.07 Å². The summed E-state index contributed by atoms with van der Waals surface area (Å²) in [6.45, 7) is 0. The van der Waals surface area contributed by atoms with Crippen LogP contribution in [0.1, 0.15) is 48.9 Å². The van der Waals surface area contributed by atoms with E-state index in [1.807, 2.05) is 18.2 Å². The lowest BCUT2D eigenvalue weighted by Gasteiger charge is -2.16. The summed E-state index contributed by atoms with van der Waals surface area (Å²) < 4.78 is 5.92. The van der Waals surface area contributed by atoms with Gasteiger partial charge >= 0.3 is 0 Å². The number of ether oxygens (including phenoxy) is 1. The van der Waals surface area contributed by atoms with Crippen LogP contribution in [0, 0.1) is 0 Å². The fourth-order valence-electron chi connectivity index (χ4n) is 2.21. The molecular weight excluding hydrogens is 200 g/mol. The molecule has 86 valence electrons. The normalized spacial score (nSPS) is 17.8. The van der Waals surface area contributed by atoms with E-state index in [1.165, 1.54) is 25.7 Å². The molecular formula is C14H18O2. The van der Waals surface area contributed by atoms with Gasteiger partial charge in [0.05, 0.1) is 6.10 Å². The number of hydrogen-bond donors (Lipinski definition) is 0. The molecule has 16 heavy (non-hydrogen) atoms. The highest BCUT2D eigenvalue weighted by atomic mass is 16.5. The quantitative estimate of drug-likeness (QED) is 0.572. The molecule has 1 aliphatic carbocycles. The Kier molecular flexibility index (Phi) is 3.97. The van der Waals surface area contributed by atoms with E-state index in [9.17, 15) is 4.79 Å². The monoisotopic (exact) mass is 218 g/mol. The highest BCUT2D eigenvalue weighted by Gasteiger charge is 2.13. The molecule has 2 rings (SSSR count). The van der Waals surface area contributed by atoms with Gasteiger partial charge in [0.15, 0.2) is 0 Å². The molecule has 2 heteroatoms. The number of carbonyl (C=O) groups is 1. The van der Waals surface area contributed by atoms with Gasteiger partial charge in [0, 0.05) is 5.56 Å². The lowest BCUT2D eigenvalue weighted by atomic mass is 10.1. The summed E-state index contributed by atoms with van der Waals surface area (Å²) in [6.07, 6.45) is 8.67. The Bertz CT molecular complexity index is 338. The lowest BCUT2D eigenvalue weighted by Crippen LogP contribution is -2.15. The predicted octanol–water partition coefficient (Wildman–Crippen LogP) is 3.60. The van der Waals surface area contributed by atoms with Crippen molar-refractivity contribution in [3.8, 4) is 5.75 Å². The first-order valence-corrected chi connectivity index (χ1v) is 6.10. The Balaban J connectivity index is 1.98. The summed E-state index contributed by atoms with van der Waals surface area (Å²) in [4.78, 5) is 10.7. The van der Waals surface area contributed by atoms with Crippen LogP contribution in [0.4, 0.5) is 0 Å². The summed E-state index contributed by atoms with van der Waals surface area (Å²) in [5.41, 5.74) is 0.686. The van der Waals surface area contributed by atoms with Crippen molar-refractivity contribution in [1.82, 2.24) is 0 Å². The molecule has 0 saturated heterocycles. The Labute approximate surface area is 96.6 Å². The van der Waals surface area contributed by atoms with Crippen molar-refractivity contribution in [2.45, 2.75) is 44.6 Å². The maximum Gasteiger partial charge on any atom is 0.150 e. The van der Waals surface area contributed by atoms with E-state index in [0.29, 0.717) is 11.7 Å². The van der Waals surface area contributed by atoms with E-state index in [4.69, 9.17) is 4.74 Å². The van der Waals surface area contributed by atoms with Crippen LogP contribution in [0.15, 0.2) is 24.3 Å². The summed E-state index contributed by atoms with van der Waals surface area (Å²) in [5, 5.41) is 0. The van der Waals surface area contributed by atoms with Crippen LogP contribution in [0.25, 0.3) is 0 Å². The summed E-state index contributed by atoms with van der Waals surface area (Å²) in [7, 11) is 0. The van der Waals surface area contributed by atoms with Crippen molar-refractivity contribution in [3.05, 3.63) is 29.8 Å². The van der Waals surface area contributed by atoms with Gasteiger partial charge < -0.3 is 4.74 Å². The van der Waals surface area contributed by atoms with Crippen molar-refractivity contribution in [2.24, 2.45) is 0 Å². The minimum Gasteiger partial charge on any atom is -0.490 e. The van der Waals surface area contributed by atoms with Gasteiger partial charge in [-0.1, -0.05) is 25.0 Å². The average Bonchev–Trinajstić information content (AvgIpc) is 2.58. The van der Waals surface area contributed by atoms with Gasteiger partial charge in [-0.15, -0.1) is 0 Å². The largest absolute Gasteiger partial charge is 0.490 e. The Hall–Kier alpha value is -1.31. The minimum absolute atomic E-state index is 0.337. The van der Waals surface area contributed by atoms with Crippen LogP contribution in [0.3, 0.4) is 0 Å². The molecule has 1 aliphatic rings. The van der Waals surface area contributed by atoms with Crippen molar-refractivity contribution in [3.63, 3.8) is 0 Å². The van der Waals surface area contributed by atoms with Crippen LogP contribution in [-0.2, 0) is 0 Å². The minimum atomic E-state index is 0.337. The second-order valence-electron chi connectivity index (χ2n) is 4.42. The molecule has 1 aromatic rings. The van der Waals surface area contributed by atoms with Gasteiger partial charge in [0.1, 0.15) is 12.0 Å². The van der Waals surface area contributed by atoms with E-state index in [0.717, 1.165) is 24.9 Å². The van der Waals surface area contributed by atoms with Gasteiger partial charge in [-0.25, -0.2) is 0 Å². The Morgan fingerprint density at radius 2 is 1.88 bits per heavy atom. The van der Waals surface area contributed by atoms with E-state index in [2.05, 4.69) is 0 Å². The Morgan fingerprint density at radius 3 is 2.56 bits per heavy atom. The summed E-state index contributed by atoms with van der Waals surface area (Å²) in [6, 6.07) is 7.42. The standard InChI is InChI=1S/C14H18O2/c15-11-12-6-5-9-14(10-12)16-13-7-3-1-2-4-8-13/h5-6,9-11,13H,1-4,7-8H2. The first kappa shape index (κ1) is 11.2. The van der Waals surface area contributed by atoms with Gasteiger partial charge in [-0.05, 0) is 37.8 Å². The van der Waals surface area contributed by atoms with Crippen LogP contribution in [0.2, 0.25) is 0 Å². The molecule has 0 spiro atoms. The number of aldehydes is 1. The van der Waals surface area contributed by atoms with Gasteiger partial charge in [-0.3, -0.25) is 4.79 Å². The third kappa shape index (κ3) is 3.09. The third-order valence-corrected chi connectivity index (χ3v) is 3.10. The van der Waals surface area contributed by atoms with E-state index in [-0.39, 0.29) is 0 Å². The number of hydrogen-bond acceptors (Lipinski definition) is 2. The predicted molar refractivity (Wildman–Crippen MR) is 63.9 cm³/mol. The average molecular weight is 218 g/mol. The number of rotatable bonds is 3. The molecule has 0 aliphatic heterocycles. The van der Waals surface area contributed by atoms with Crippen molar-refractivity contribution < 1.29 is 9.53 Å². The van der Waals surface area contributed by atoms with Gasteiger partial charge in [0.2, 0.25) is 0 Å². The third-order valence-electron chi connectivity index (χ3n) is 3.10. The second-order valence-corrected chi connectivity index (χ2v) is 4.42. The van der Waals surface area contributed by atoms with Crippen LogP contribution in [0.5, 0.6) is 5.75 Å². The Morgan fingerprint density at radius 1 is 1.12 bits per heavy atom. The molecule has 0 N–H and O–H groups in total. The lowest BCUT2D eigenvalue weighted by molar-refractivity contribution is 0.112. The molecule has 0 radical (unpaired) electrons. The molecule has 0 aromatic heterocycles. The summed E-state index contributed by atoms with van der Waals surface area (Å²) >= 11 is 0. The molecule has 0 heterocycles. The molecule has 2 nitrogen and oxygen atoms in total. The van der Waals surface area contributed by atoms with Gasteiger partial charge in [-0.2, -0.15) is 0 Å². The maximum absolute atomic E-state index is 10.7. The smallest absolute Gasteiger partial charge is 0.150 e. The van der Waals surface area contributed by atoms with E-state index < -0.39 is 0 Å². The molecule has 1 fully saturated rings. The maximum atomic E-state index is 10.7. The van der Waals surface area contributed by atoms with Crippen molar-refractivity contribution in [2.75, 3.05) is 0 Å². The molecule has 0 atom stereocenters. The summed E-state index contributed by atoms with van der Waals surface area (Å²) in [5.74, 6) is 0.830. The topological polar surface area (TPSA) is 26.3 Å². The number of benzene rings is 1. The second kappa shape index (κ2) is 5.69. The van der Waals surface area contributed by atoms with Crippen LogP contribution < -0.4 is 4.74 Å². The number of carbonyl (C=O) groups excluding carboxylic acids is 1. The van der Waals surface area contributed by atoms with Crippen LogP contribution in [-0.4, -0.2) is 12.4 Å². The fraction of sp³-hybridized carbons (Fsp3) is 0.500. The highest BCUT2D eigenvalue weighted by Crippen LogP contribution is 2.23. The molecule has 0 amide bonds. The SMILES string of the molecule is O=Cc1cccc(OC2CCCCCC2)c1. The van der Waals surface area contributed by atoms with E-state index >= 15 is 0 Å². The zero-order chi connectivity index (χ0) is 11.2. The highest BCUT2D eigenvalue weighted by molar-refractivity contribution is 5.75. The zero-order valence-electron chi connectivity index (χ0n) is 9.52. The zero-order valence-corrected chi connectivity index (χ0v) is 9.52. The first-order chi connectivity index (χ1) is 7.88. The molecule has 0 bridgehead atoms. The van der Waals surface area contributed by atoms with Crippen molar-refractivity contribution in [1.29, 1.82) is 0 Å². The van der Waals surface area contributed by atoms with Crippen LogP contribution >= 0.6 is 0 Å². The molecule has 1 saturated carbocycles. The molecule has 1 aromatic carbocycles. The fourth-order valence-corrected chi connectivity index (χ4v) is 2.21. The first-order valence-electron chi connectivity index (χ1n) is 6.10. The van der Waals surface area contributed by atoms with Crippen molar-refractivity contribution >= 4 is 6.29 Å². The van der Waals surface area contributed by atoms with Gasteiger partial charge in [0.25, 0.3) is 0 Å². The molecule has 0 unspecified atom stereocenters.